The van der Waals surface area contributed by atoms with Crippen molar-refractivity contribution >= 4 is 42.5 Å². The summed E-state index contributed by atoms with van der Waals surface area (Å²) in [6, 6.07) is 34.9. The van der Waals surface area contributed by atoms with E-state index < -0.39 is 0 Å². The predicted molar refractivity (Wildman–Crippen MR) is 118 cm³/mol. The van der Waals surface area contributed by atoms with Crippen LogP contribution in [0.25, 0.3) is 48.3 Å². The Morgan fingerprint density at radius 3 is 2.45 bits per heavy atom. The summed E-state index contributed by atoms with van der Waals surface area (Å²) in [6.45, 7) is 0. The molecule has 6 rings (SSSR count). The number of hydrogen-bond donors (Lipinski definition) is 0. The molecule has 0 bridgehead atoms. The average Bonchev–Trinajstić information content (AvgIpc) is 3.33. The first-order valence-corrected chi connectivity index (χ1v) is 10.1. The summed E-state index contributed by atoms with van der Waals surface area (Å²) >= 11 is 1.84. The van der Waals surface area contributed by atoms with E-state index in [1.165, 1.54) is 20.2 Å². The molecule has 4 heteroatoms. The van der Waals surface area contributed by atoms with Crippen molar-refractivity contribution in [3.63, 3.8) is 0 Å². The van der Waals surface area contributed by atoms with Crippen LogP contribution in [0.5, 0.6) is 0 Å². The zero-order chi connectivity index (χ0) is 18.5. The van der Waals surface area contributed by atoms with Gasteiger partial charge in [-0.05, 0) is 30.3 Å². The summed E-state index contributed by atoms with van der Waals surface area (Å²) in [6.07, 6.45) is 0. The van der Waals surface area contributed by atoms with Gasteiger partial charge in [-0.15, -0.1) is 47.2 Å². The molecule has 29 heavy (non-hydrogen) atoms. The number of para-hydroxylation sites is 2. The van der Waals surface area contributed by atoms with Gasteiger partial charge in [-0.2, -0.15) is 0 Å². The third-order valence-corrected chi connectivity index (χ3v) is 6.27. The van der Waals surface area contributed by atoms with Crippen LogP contribution in [0, 0.1) is 6.07 Å². The minimum atomic E-state index is 0. The topological polar surface area (TPSA) is 17.8 Å². The number of thiophene rings is 1. The minimum absolute atomic E-state index is 0. The Kier molecular flexibility index (Phi) is 4.56. The van der Waals surface area contributed by atoms with Crippen molar-refractivity contribution in [2.75, 3.05) is 0 Å². The van der Waals surface area contributed by atoms with Crippen LogP contribution in [0.15, 0.2) is 91.0 Å². The molecule has 6 aromatic rings. The molecule has 2 heterocycles. The molecule has 141 valence electrons. The normalized spacial score (nSPS) is 11.2. The summed E-state index contributed by atoms with van der Waals surface area (Å²) < 4.78 is 4.88. The first kappa shape index (κ1) is 18.3. The third kappa shape index (κ3) is 2.84. The van der Waals surface area contributed by atoms with Crippen LogP contribution in [-0.4, -0.2) is 9.55 Å². The molecule has 0 aliphatic carbocycles. The Hall–Kier alpha value is -2.78. The van der Waals surface area contributed by atoms with Gasteiger partial charge >= 0.3 is 0 Å². The van der Waals surface area contributed by atoms with Crippen molar-refractivity contribution in [1.82, 2.24) is 9.55 Å². The van der Waals surface area contributed by atoms with Crippen molar-refractivity contribution < 1.29 is 20.1 Å². The maximum atomic E-state index is 4.97. The van der Waals surface area contributed by atoms with Gasteiger partial charge in [0.25, 0.3) is 0 Å². The second kappa shape index (κ2) is 7.23. The third-order valence-electron chi connectivity index (χ3n) is 5.13. The predicted octanol–water partition coefficient (Wildman–Crippen LogP) is 6.86. The van der Waals surface area contributed by atoms with Crippen molar-refractivity contribution in [3.8, 4) is 17.1 Å². The molecule has 0 saturated carbocycles. The molecular formula is C25H15IrN2S-. The molecule has 0 aliphatic heterocycles. The average molecular weight is 568 g/mol. The van der Waals surface area contributed by atoms with E-state index in [2.05, 4.69) is 77.4 Å². The van der Waals surface area contributed by atoms with E-state index in [1.54, 1.807) is 0 Å². The molecular weight excluding hydrogens is 553 g/mol. The summed E-state index contributed by atoms with van der Waals surface area (Å²) in [4.78, 5) is 4.97. The number of nitrogens with zero attached hydrogens (tertiary/aromatic N) is 2. The Bertz CT molecular complexity index is 1460. The van der Waals surface area contributed by atoms with E-state index >= 15 is 0 Å². The number of hydrogen-bond acceptors (Lipinski definition) is 2. The van der Waals surface area contributed by atoms with E-state index in [0.29, 0.717) is 0 Å². The van der Waals surface area contributed by atoms with Crippen LogP contribution in [0.4, 0.5) is 0 Å². The van der Waals surface area contributed by atoms with Crippen molar-refractivity contribution in [2.24, 2.45) is 0 Å². The smallest absolute Gasteiger partial charge is 0.0774 e. The first-order chi connectivity index (χ1) is 13.9. The van der Waals surface area contributed by atoms with Gasteiger partial charge < -0.3 is 4.57 Å². The summed E-state index contributed by atoms with van der Waals surface area (Å²) in [5.41, 5.74) is 4.26. The molecule has 0 spiro atoms. The van der Waals surface area contributed by atoms with E-state index in [1.807, 2.05) is 35.6 Å². The maximum Gasteiger partial charge on any atom is 0.0774 e. The number of rotatable bonds is 2. The number of imidazole rings is 1. The molecule has 0 N–H and O–H groups in total. The summed E-state index contributed by atoms with van der Waals surface area (Å²) in [5.74, 6) is 0.921. The van der Waals surface area contributed by atoms with E-state index in [9.17, 15) is 0 Å². The van der Waals surface area contributed by atoms with Gasteiger partial charge in [0.15, 0.2) is 0 Å². The van der Waals surface area contributed by atoms with Gasteiger partial charge in [0.05, 0.1) is 16.9 Å². The largest absolute Gasteiger partial charge is 0.333 e. The molecule has 0 unspecified atom stereocenters. The van der Waals surface area contributed by atoms with Gasteiger partial charge in [-0.1, -0.05) is 36.4 Å². The second-order valence-electron chi connectivity index (χ2n) is 6.78. The SMILES string of the molecule is [Ir].[c-]1ccccc1-c1nc2ccccc2n1-c1cccc2sc3ccccc3c12. The van der Waals surface area contributed by atoms with Crippen LogP contribution < -0.4 is 0 Å². The molecule has 0 fully saturated rings. The van der Waals surface area contributed by atoms with E-state index in [4.69, 9.17) is 4.98 Å². The molecule has 1 radical (unpaired) electrons. The number of aromatic nitrogens is 2. The minimum Gasteiger partial charge on any atom is -0.333 e. The Morgan fingerprint density at radius 2 is 1.55 bits per heavy atom. The molecule has 2 nitrogen and oxygen atoms in total. The second-order valence-corrected chi connectivity index (χ2v) is 7.87. The van der Waals surface area contributed by atoms with Crippen LogP contribution in [0.3, 0.4) is 0 Å². The van der Waals surface area contributed by atoms with Gasteiger partial charge in [-0.25, -0.2) is 0 Å². The quantitative estimate of drug-likeness (QED) is 0.209. The van der Waals surface area contributed by atoms with Crippen LogP contribution in [0.2, 0.25) is 0 Å². The molecule has 0 saturated heterocycles. The van der Waals surface area contributed by atoms with Crippen molar-refractivity contribution in [1.29, 1.82) is 0 Å². The molecule has 0 aliphatic rings. The fourth-order valence-electron chi connectivity index (χ4n) is 3.93. The Morgan fingerprint density at radius 1 is 0.759 bits per heavy atom. The fraction of sp³-hybridized carbons (Fsp3) is 0. The molecule has 0 amide bonds. The molecule has 4 aromatic carbocycles. The van der Waals surface area contributed by atoms with Crippen LogP contribution >= 0.6 is 11.3 Å². The van der Waals surface area contributed by atoms with Gasteiger partial charge in [0.1, 0.15) is 0 Å². The van der Waals surface area contributed by atoms with E-state index in [0.717, 1.165) is 28.1 Å². The van der Waals surface area contributed by atoms with E-state index in [-0.39, 0.29) is 20.1 Å². The van der Waals surface area contributed by atoms with Crippen molar-refractivity contribution in [3.05, 3.63) is 97.1 Å². The Balaban J connectivity index is 0.00000181. The maximum absolute atomic E-state index is 4.97. The fourth-order valence-corrected chi connectivity index (χ4v) is 5.05. The van der Waals surface area contributed by atoms with Crippen LogP contribution in [0.1, 0.15) is 0 Å². The summed E-state index contributed by atoms with van der Waals surface area (Å²) in [5, 5.41) is 2.57. The standard InChI is InChI=1S/C25H15N2S.Ir/c1-2-9-17(10-3-1)25-26-19-12-5-6-13-20(19)27(25)21-14-8-16-23-24(21)18-11-4-7-15-22(18)28-23;/h1-9,11-16H;/q-1;. The number of fused-ring (bicyclic) bond motifs is 4. The van der Waals surface area contributed by atoms with Crippen molar-refractivity contribution in [2.45, 2.75) is 0 Å². The zero-order valence-corrected chi connectivity index (χ0v) is 18.5. The first-order valence-electron chi connectivity index (χ1n) is 9.25. The van der Waals surface area contributed by atoms with Gasteiger partial charge in [0.2, 0.25) is 0 Å². The summed E-state index contributed by atoms with van der Waals surface area (Å²) in [7, 11) is 0. The van der Waals surface area contributed by atoms with Crippen LogP contribution in [-0.2, 0) is 20.1 Å². The van der Waals surface area contributed by atoms with Gasteiger partial charge in [-0.3, -0.25) is 4.98 Å². The van der Waals surface area contributed by atoms with Gasteiger partial charge in [0, 0.05) is 46.0 Å². The molecule has 2 aromatic heterocycles. The monoisotopic (exact) mass is 568 g/mol. The number of benzene rings is 4. The molecule has 0 atom stereocenters. The zero-order valence-electron chi connectivity index (χ0n) is 15.3. The Labute approximate surface area is 185 Å².